The number of rotatable bonds is 6. The highest BCUT2D eigenvalue weighted by Crippen LogP contribution is 2.15. The number of anilines is 2. The number of carbonyl (C=O) groups excluding carboxylic acids is 2. The molecule has 0 saturated carbocycles. The van der Waals surface area contributed by atoms with Gasteiger partial charge in [0, 0.05) is 16.4 Å². The van der Waals surface area contributed by atoms with Crippen molar-refractivity contribution in [3.05, 3.63) is 59.1 Å². The lowest BCUT2D eigenvalue weighted by atomic mass is 10.2. The Morgan fingerprint density at radius 1 is 1.09 bits per heavy atom. The van der Waals surface area contributed by atoms with Gasteiger partial charge in [-0.25, -0.2) is 4.79 Å². The van der Waals surface area contributed by atoms with Crippen LogP contribution in [-0.2, 0) is 9.53 Å². The van der Waals surface area contributed by atoms with Crippen molar-refractivity contribution in [2.24, 2.45) is 0 Å². The second kappa shape index (κ2) is 8.19. The highest BCUT2D eigenvalue weighted by molar-refractivity contribution is 6.30. The summed E-state index contributed by atoms with van der Waals surface area (Å²) >= 11 is 5.87. The molecule has 0 saturated heterocycles. The summed E-state index contributed by atoms with van der Waals surface area (Å²) < 4.78 is 4.90. The third kappa shape index (κ3) is 5.30. The SMILES string of the molecule is CCOC(=O)c1ccc(NC(=O)CNc2cccc(Cl)c2)cc1. The molecule has 6 heteroatoms. The van der Waals surface area contributed by atoms with Crippen LogP contribution in [0, 0.1) is 0 Å². The average Bonchev–Trinajstić information content (AvgIpc) is 2.54. The molecule has 2 rings (SSSR count). The minimum Gasteiger partial charge on any atom is -0.462 e. The van der Waals surface area contributed by atoms with Gasteiger partial charge in [0.1, 0.15) is 0 Å². The molecule has 0 bridgehead atoms. The van der Waals surface area contributed by atoms with Crippen LogP contribution < -0.4 is 10.6 Å². The zero-order valence-electron chi connectivity index (χ0n) is 12.6. The number of hydrogen-bond acceptors (Lipinski definition) is 4. The van der Waals surface area contributed by atoms with E-state index in [-0.39, 0.29) is 18.4 Å². The van der Waals surface area contributed by atoms with Gasteiger partial charge in [-0.1, -0.05) is 17.7 Å². The Hall–Kier alpha value is -2.53. The van der Waals surface area contributed by atoms with Crippen molar-refractivity contribution in [1.82, 2.24) is 0 Å². The Morgan fingerprint density at radius 2 is 1.83 bits per heavy atom. The molecule has 0 fully saturated rings. The summed E-state index contributed by atoms with van der Waals surface area (Å²) in [5, 5.41) is 6.32. The van der Waals surface area contributed by atoms with Crippen LogP contribution in [-0.4, -0.2) is 25.0 Å². The highest BCUT2D eigenvalue weighted by Gasteiger charge is 2.07. The van der Waals surface area contributed by atoms with Gasteiger partial charge in [-0.15, -0.1) is 0 Å². The first-order valence-corrected chi connectivity index (χ1v) is 7.52. The molecule has 0 atom stereocenters. The number of benzene rings is 2. The molecule has 2 aromatic rings. The fraction of sp³-hybridized carbons (Fsp3) is 0.176. The standard InChI is InChI=1S/C17H17ClN2O3/c1-2-23-17(22)12-6-8-14(9-7-12)20-16(21)11-19-15-5-3-4-13(18)10-15/h3-10,19H,2,11H2,1H3,(H,20,21). The summed E-state index contributed by atoms with van der Waals surface area (Å²) in [4.78, 5) is 23.4. The van der Waals surface area contributed by atoms with Gasteiger partial charge in [0.15, 0.2) is 0 Å². The molecule has 1 amide bonds. The van der Waals surface area contributed by atoms with Crippen molar-refractivity contribution in [3.63, 3.8) is 0 Å². The Kier molecular flexibility index (Phi) is 6.00. The van der Waals surface area contributed by atoms with E-state index in [1.807, 2.05) is 6.07 Å². The zero-order valence-corrected chi connectivity index (χ0v) is 13.4. The smallest absolute Gasteiger partial charge is 0.338 e. The lowest BCUT2D eigenvalue weighted by Gasteiger charge is -2.08. The van der Waals surface area contributed by atoms with Crippen LogP contribution in [0.25, 0.3) is 0 Å². The first-order valence-electron chi connectivity index (χ1n) is 7.15. The van der Waals surface area contributed by atoms with Crippen molar-refractivity contribution in [2.75, 3.05) is 23.8 Å². The minimum absolute atomic E-state index is 0.111. The molecule has 0 aliphatic carbocycles. The summed E-state index contributed by atoms with van der Waals surface area (Å²) in [6.45, 7) is 2.19. The average molecular weight is 333 g/mol. The molecule has 5 nitrogen and oxygen atoms in total. The van der Waals surface area contributed by atoms with Crippen LogP contribution in [0.2, 0.25) is 5.02 Å². The molecule has 120 valence electrons. The lowest BCUT2D eigenvalue weighted by Crippen LogP contribution is -2.21. The lowest BCUT2D eigenvalue weighted by molar-refractivity contribution is -0.114. The number of halogens is 1. The van der Waals surface area contributed by atoms with E-state index in [9.17, 15) is 9.59 Å². The first-order chi connectivity index (χ1) is 11.1. The van der Waals surface area contributed by atoms with Crippen molar-refractivity contribution < 1.29 is 14.3 Å². The minimum atomic E-state index is -0.381. The van der Waals surface area contributed by atoms with Crippen LogP contribution in [0.4, 0.5) is 11.4 Å². The van der Waals surface area contributed by atoms with Crippen LogP contribution in [0.3, 0.4) is 0 Å². The van der Waals surface area contributed by atoms with Gasteiger partial charge in [0.25, 0.3) is 0 Å². The molecule has 0 aromatic heterocycles. The molecule has 2 aromatic carbocycles. The van der Waals surface area contributed by atoms with E-state index in [0.29, 0.717) is 22.9 Å². The summed E-state index contributed by atoms with van der Waals surface area (Å²) in [5.41, 5.74) is 1.82. The highest BCUT2D eigenvalue weighted by atomic mass is 35.5. The molecular formula is C17H17ClN2O3. The van der Waals surface area contributed by atoms with E-state index in [0.717, 1.165) is 5.69 Å². The fourth-order valence-corrected chi connectivity index (χ4v) is 2.08. The third-order valence-electron chi connectivity index (χ3n) is 2.96. The normalized spacial score (nSPS) is 10.0. The predicted molar refractivity (Wildman–Crippen MR) is 91.0 cm³/mol. The van der Waals surface area contributed by atoms with Crippen LogP contribution >= 0.6 is 11.6 Å². The summed E-state index contributed by atoms with van der Waals surface area (Å²) in [5.74, 6) is -0.582. The van der Waals surface area contributed by atoms with Crippen LogP contribution in [0.1, 0.15) is 17.3 Å². The molecule has 23 heavy (non-hydrogen) atoms. The topological polar surface area (TPSA) is 67.4 Å². The maximum Gasteiger partial charge on any atom is 0.338 e. The summed E-state index contributed by atoms with van der Waals surface area (Å²) in [7, 11) is 0. The van der Waals surface area contributed by atoms with Gasteiger partial charge in [-0.3, -0.25) is 4.79 Å². The summed E-state index contributed by atoms with van der Waals surface area (Å²) in [6, 6.07) is 13.7. The van der Waals surface area contributed by atoms with E-state index in [2.05, 4.69) is 10.6 Å². The largest absolute Gasteiger partial charge is 0.462 e. The number of ether oxygens (including phenoxy) is 1. The van der Waals surface area contributed by atoms with Gasteiger partial charge in [-0.2, -0.15) is 0 Å². The fourth-order valence-electron chi connectivity index (χ4n) is 1.89. The van der Waals surface area contributed by atoms with Crippen molar-refractivity contribution >= 4 is 34.9 Å². The molecule has 0 radical (unpaired) electrons. The number of amides is 1. The van der Waals surface area contributed by atoms with Crippen LogP contribution in [0.15, 0.2) is 48.5 Å². The van der Waals surface area contributed by atoms with E-state index < -0.39 is 0 Å². The molecule has 0 heterocycles. The maximum absolute atomic E-state index is 11.9. The Bertz CT molecular complexity index is 686. The molecule has 0 aliphatic heterocycles. The number of nitrogens with one attached hydrogen (secondary N) is 2. The molecule has 2 N–H and O–H groups in total. The van der Waals surface area contributed by atoms with Crippen molar-refractivity contribution in [3.8, 4) is 0 Å². The number of esters is 1. The van der Waals surface area contributed by atoms with Crippen molar-refractivity contribution in [2.45, 2.75) is 6.92 Å². The van der Waals surface area contributed by atoms with E-state index in [4.69, 9.17) is 16.3 Å². The second-order valence-electron chi connectivity index (χ2n) is 4.71. The van der Waals surface area contributed by atoms with E-state index in [1.54, 1.807) is 49.4 Å². The Labute approximate surface area is 139 Å². The van der Waals surface area contributed by atoms with E-state index in [1.165, 1.54) is 0 Å². The maximum atomic E-state index is 11.9. The van der Waals surface area contributed by atoms with Gasteiger partial charge in [-0.05, 0) is 49.4 Å². The zero-order chi connectivity index (χ0) is 16.7. The third-order valence-corrected chi connectivity index (χ3v) is 3.19. The first kappa shape index (κ1) is 16.8. The summed E-state index contributed by atoms with van der Waals surface area (Å²) in [6.07, 6.45) is 0. The number of hydrogen-bond donors (Lipinski definition) is 2. The predicted octanol–water partition coefficient (Wildman–Crippen LogP) is 3.57. The quantitative estimate of drug-likeness (QED) is 0.794. The van der Waals surface area contributed by atoms with Gasteiger partial charge >= 0.3 is 5.97 Å². The molecule has 0 spiro atoms. The van der Waals surface area contributed by atoms with Gasteiger partial charge < -0.3 is 15.4 Å². The Balaban J connectivity index is 1.86. The number of carbonyl (C=O) groups is 2. The van der Waals surface area contributed by atoms with E-state index >= 15 is 0 Å². The molecule has 0 unspecified atom stereocenters. The monoisotopic (exact) mass is 332 g/mol. The van der Waals surface area contributed by atoms with Crippen LogP contribution in [0.5, 0.6) is 0 Å². The molecular weight excluding hydrogens is 316 g/mol. The molecule has 0 aliphatic rings. The van der Waals surface area contributed by atoms with Gasteiger partial charge in [0.2, 0.25) is 5.91 Å². The van der Waals surface area contributed by atoms with Crippen molar-refractivity contribution in [1.29, 1.82) is 0 Å². The Morgan fingerprint density at radius 3 is 2.48 bits per heavy atom. The second-order valence-corrected chi connectivity index (χ2v) is 5.15. The van der Waals surface area contributed by atoms with Gasteiger partial charge in [0.05, 0.1) is 18.7 Å².